The fraction of sp³-hybridized carbons (Fsp3) is 0.846. The maximum absolute atomic E-state index is 2.40. The first-order valence-corrected chi connectivity index (χ1v) is 8.08. The van der Waals surface area contributed by atoms with Gasteiger partial charge < -0.3 is 0 Å². The van der Waals surface area contributed by atoms with Crippen molar-refractivity contribution in [3.8, 4) is 0 Å². The molecule has 0 radical (unpaired) electrons. The molecule has 0 nitrogen and oxygen atoms in total. The maximum atomic E-state index is 2.40. The predicted octanol–water partition coefficient (Wildman–Crippen LogP) is 4.78. The fourth-order valence-electron chi connectivity index (χ4n) is 1.48. The van der Waals surface area contributed by atoms with Crippen LogP contribution in [0.15, 0.2) is 11.6 Å². The first-order valence-electron chi connectivity index (χ1n) is 5.63. The van der Waals surface area contributed by atoms with E-state index < -0.39 is 0 Å². The summed E-state index contributed by atoms with van der Waals surface area (Å²) in [6, 6.07) is 0. The van der Waals surface area contributed by atoms with E-state index in [2.05, 4.69) is 59.4 Å². The Morgan fingerprint density at radius 1 is 1.20 bits per heavy atom. The topological polar surface area (TPSA) is 0 Å². The number of hydrogen-bond donors (Lipinski definition) is 0. The van der Waals surface area contributed by atoms with Crippen LogP contribution in [0.5, 0.6) is 0 Å². The minimum absolute atomic E-state index is 0.339. The van der Waals surface area contributed by atoms with Gasteiger partial charge in [-0.1, -0.05) is 0 Å². The summed E-state index contributed by atoms with van der Waals surface area (Å²) in [4.78, 5) is 0. The van der Waals surface area contributed by atoms with Crippen LogP contribution < -0.4 is 0 Å². The first kappa shape index (κ1) is 15.8. The van der Waals surface area contributed by atoms with Crippen LogP contribution >= 0.6 is 11.8 Å². The molecule has 0 rings (SSSR count). The Bertz CT molecular complexity index is 206. The second kappa shape index (κ2) is 6.50. The monoisotopic (exact) mass is 397 g/mol. The summed E-state index contributed by atoms with van der Waals surface area (Å²) in [5.74, 6) is 1.30. The van der Waals surface area contributed by atoms with Crippen LogP contribution in [0.1, 0.15) is 54.4 Å². The molecule has 89 valence electrons. The van der Waals surface area contributed by atoms with Gasteiger partial charge in [0.2, 0.25) is 0 Å². The molecule has 0 saturated carbocycles. The Morgan fingerprint density at radius 2 is 1.73 bits per heavy atom. The van der Waals surface area contributed by atoms with E-state index in [4.69, 9.17) is 0 Å². The van der Waals surface area contributed by atoms with Crippen molar-refractivity contribution < 1.29 is 19.8 Å². The minimum atomic E-state index is 0.339. The first-order chi connectivity index (χ1) is 6.60. The van der Waals surface area contributed by atoms with Crippen molar-refractivity contribution in [2.24, 2.45) is 5.41 Å². The second-order valence-electron chi connectivity index (χ2n) is 5.71. The van der Waals surface area contributed by atoms with E-state index in [9.17, 15) is 0 Å². The Hall–Kier alpha value is 0.778. The molecule has 0 aliphatic rings. The van der Waals surface area contributed by atoms with Crippen molar-refractivity contribution in [3.63, 3.8) is 0 Å². The zero-order valence-corrected chi connectivity index (χ0v) is 14.8. The van der Waals surface area contributed by atoms with Crippen LogP contribution in [0.3, 0.4) is 0 Å². The molecule has 0 fully saturated rings. The van der Waals surface area contributed by atoms with Gasteiger partial charge in [-0.25, -0.2) is 0 Å². The van der Waals surface area contributed by atoms with Crippen LogP contribution in [0, 0.1) is 5.41 Å². The molecule has 0 N–H and O–H groups in total. The molecule has 0 amide bonds. The van der Waals surface area contributed by atoms with Crippen molar-refractivity contribution in [1.82, 2.24) is 0 Å². The van der Waals surface area contributed by atoms with Gasteiger partial charge >= 0.3 is 112 Å². The van der Waals surface area contributed by atoms with E-state index in [0.717, 1.165) is 0 Å². The molecule has 0 spiro atoms. The van der Waals surface area contributed by atoms with Crippen LogP contribution in [-0.2, 0) is 19.8 Å². The third-order valence-corrected chi connectivity index (χ3v) is 4.30. The normalized spacial score (nSPS) is 14.4. The summed E-state index contributed by atoms with van der Waals surface area (Å²) in [5, 5.41) is 0. The van der Waals surface area contributed by atoms with E-state index in [0.29, 0.717) is 8.55 Å². The Balaban J connectivity index is 3.74. The third-order valence-electron chi connectivity index (χ3n) is 1.84. The fourth-order valence-corrected chi connectivity index (χ4v) is 3.16. The average molecular weight is 397 g/mol. The molecule has 15 heavy (non-hydrogen) atoms. The Morgan fingerprint density at radius 3 is 2.13 bits per heavy atom. The molecule has 0 saturated heterocycles. The van der Waals surface area contributed by atoms with E-state index in [-0.39, 0.29) is 0 Å². The van der Waals surface area contributed by atoms with Gasteiger partial charge in [-0.05, 0) is 0 Å². The quantitative estimate of drug-likeness (QED) is 0.476. The molecule has 0 aromatic heterocycles. The van der Waals surface area contributed by atoms with E-state index in [1.54, 1.807) is 25.4 Å². The number of hydrogen-bond acceptors (Lipinski definition) is 1. The van der Waals surface area contributed by atoms with Crippen molar-refractivity contribution in [2.75, 3.05) is 5.75 Å². The standard InChI is InChI=1S/C13H25S.W/c1-11(2)14-9-7-8-12(3)10-13(4,5)6;/h10H,7-9H2,1-6H3;/b12-10-;. The van der Waals surface area contributed by atoms with E-state index >= 15 is 0 Å². The van der Waals surface area contributed by atoms with Crippen molar-refractivity contribution in [2.45, 2.75) is 57.5 Å². The molecular weight excluding hydrogens is 372 g/mol. The summed E-state index contributed by atoms with van der Waals surface area (Å²) >= 11 is 3.79. The van der Waals surface area contributed by atoms with Crippen LogP contribution in [0.25, 0.3) is 0 Å². The van der Waals surface area contributed by atoms with Crippen molar-refractivity contribution >= 4 is 11.8 Å². The summed E-state index contributed by atoms with van der Waals surface area (Å²) in [5.41, 5.74) is 1.88. The number of thioether (sulfide) groups is 1. The van der Waals surface area contributed by atoms with E-state index in [1.807, 2.05) is 0 Å². The molecule has 0 aromatic rings. The summed E-state index contributed by atoms with van der Waals surface area (Å²) in [7, 11) is 0. The third kappa shape index (κ3) is 12.7. The molecule has 0 bridgehead atoms. The molecule has 0 aromatic carbocycles. The number of allylic oxidation sites excluding steroid dienone is 2. The SMILES string of the molecule is C/C(=C/C(C)(C)C)CCCS[C](C)(C)[W]. The molecule has 0 atom stereocenters. The molecule has 0 unspecified atom stereocenters. The second-order valence-corrected chi connectivity index (χ2v) is 12.1. The van der Waals surface area contributed by atoms with Gasteiger partial charge in [0.1, 0.15) is 0 Å². The van der Waals surface area contributed by atoms with Gasteiger partial charge in [0.05, 0.1) is 0 Å². The summed E-state index contributed by atoms with van der Waals surface area (Å²) in [6.45, 7) is 13.7. The molecular formula is C13H25SW. The van der Waals surface area contributed by atoms with Gasteiger partial charge in [0.15, 0.2) is 0 Å². The van der Waals surface area contributed by atoms with Crippen molar-refractivity contribution in [1.29, 1.82) is 0 Å². The number of rotatable bonds is 5. The summed E-state index contributed by atoms with van der Waals surface area (Å²) in [6.07, 6.45) is 4.98. The van der Waals surface area contributed by atoms with Crippen molar-refractivity contribution in [3.05, 3.63) is 11.6 Å². The van der Waals surface area contributed by atoms with Gasteiger partial charge in [0.25, 0.3) is 0 Å². The van der Waals surface area contributed by atoms with Gasteiger partial charge in [-0.2, -0.15) is 0 Å². The molecule has 0 aliphatic carbocycles. The Labute approximate surface area is 112 Å². The average Bonchev–Trinajstić information content (AvgIpc) is 1.92. The van der Waals surface area contributed by atoms with Crippen LogP contribution in [0.2, 0.25) is 0 Å². The molecule has 2 heteroatoms. The molecule has 0 aliphatic heterocycles. The van der Waals surface area contributed by atoms with Crippen LogP contribution in [-0.4, -0.2) is 8.89 Å². The summed E-state index contributed by atoms with van der Waals surface area (Å²) < 4.78 is 0.502. The zero-order chi connectivity index (χ0) is 12.1. The Kier molecular flexibility index (Phi) is 6.84. The van der Waals surface area contributed by atoms with E-state index in [1.165, 1.54) is 18.6 Å². The van der Waals surface area contributed by atoms with Gasteiger partial charge in [0, 0.05) is 0 Å². The molecule has 0 heterocycles. The predicted molar refractivity (Wildman–Crippen MR) is 69.0 cm³/mol. The van der Waals surface area contributed by atoms with Gasteiger partial charge in [-0.15, -0.1) is 0 Å². The van der Waals surface area contributed by atoms with Gasteiger partial charge in [-0.3, -0.25) is 0 Å². The zero-order valence-electron chi connectivity index (χ0n) is 11.0. The van der Waals surface area contributed by atoms with Crippen LogP contribution in [0.4, 0.5) is 0 Å².